The fourth-order valence-corrected chi connectivity index (χ4v) is 2.79. The Morgan fingerprint density at radius 1 is 1.43 bits per heavy atom. The number of carbonyl (C=O) groups is 1. The second kappa shape index (κ2) is 6.10. The number of benzene rings is 1. The van der Waals surface area contributed by atoms with Crippen molar-refractivity contribution in [3.05, 3.63) is 48.5 Å². The van der Waals surface area contributed by atoms with E-state index in [-0.39, 0.29) is 5.91 Å². The van der Waals surface area contributed by atoms with Crippen LogP contribution in [0.15, 0.2) is 43.0 Å². The van der Waals surface area contributed by atoms with Crippen LogP contribution in [0.5, 0.6) is 0 Å². The van der Waals surface area contributed by atoms with Crippen molar-refractivity contribution in [3.63, 3.8) is 0 Å². The normalized spacial score (nSPS) is 18.7. The van der Waals surface area contributed by atoms with Gasteiger partial charge in [-0.25, -0.2) is 4.98 Å². The number of hydrogen-bond donors (Lipinski definition) is 1. The quantitative estimate of drug-likeness (QED) is 0.933. The van der Waals surface area contributed by atoms with Gasteiger partial charge in [0, 0.05) is 42.8 Å². The topological polar surface area (TPSA) is 50.2 Å². The molecule has 1 amide bonds. The van der Waals surface area contributed by atoms with Crippen molar-refractivity contribution >= 4 is 5.91 Å². The van der Waals surface area contributed by atoms with E-state index < -0.39 is 0 Å². The molecule has 2 aromatic rings. The number of likely N-dealkylation sites (N-methyl/N-ethyl adjacent to an activating group) is 1. The van der Waals surface area contributed by atoms with Gasteiger partial charge in [0.15, 0.2) is 0 Å². The van der Waals surface area contributed by atoms with Gasteiger partial charge < -0.3 is 14.8 Å². The number of likely N-dealkylation sites (tertiary alicyclic amines) is 1. The van der Waals surface area contributed by atoms with Gasteiger partial charge in [-0.15, -0.1) is 0 Å². The van der Waals surface area contributed by atoms with Crippen molar-refractivity contribution in [2.45, 2.75) is 18.9 Å². The van der Waals surface area contributed by atoms with Crippen LogP contribution in [0, 0.1) is 0 Å². The smallest absolute Gasteiger partial charge is 0.253 e. The summed E-state index contributed by atoms with van der Waals surface area (Å²) in [5.41, 5.74) is 1.69. The van der Waals surface area contributed by atoms with Gasteiger partial charge in [0.25, 0.3) is 5.91 Å². The summed E-state index contributed by atoms with van der Waals surface area (Å²) in [6, 6.07) is 8.10. The lowest BCUT2D eigenvalue weighted by Crippen LogP contribution is -2.46. The summed E-state index contributed by atoms with van der Waals surface area (Å²) in [5, 5.41) is 3.27. The van der Waals surface area contributed by atoms with Crippen LogP contribution in [0.1, 0.15) is 23.2 Å². The van der Waals surface area contributed by atoms with E-state index in [0.29, 0.717) is 6.04 Å². The molecule has 0 bridgehead atoms. The highest BCUT2D eigenvalue weighted by Gasteiger charge is 2.23. The molecule has 0 saturated carbocycles. The van der Waals surface area contributed by atoms with E-state index in [1.165, 1.54) is 0 Å². The standard InChI is InChI=1S/C16H20N4O/c1-17-14-5-3-8-19(11-14)16(21)13-4-2-6-15(10-13)20-9-7-18-12-20/h2,4,6-7,9-10,12,14,17H,3,5,8,11H2,1H3. The van der Waals surface area contributed by atoms with E-state index in [0.717, 1.165) is 37.2 Å². The van der Waals surface area contributed by atoms with Crippen molar-refractivity contribution < 1.29 is 4.79 Å². The lowest BCUT2D eigenvalue weighted by Gasteiger charge is -2.32. The van der Waals surface area contributed by atoms with E-state index in [4.69, 9.17) is 0 Å². The van der Waals surface area contributed by atoms with Gasteiger partial charge in [0.1, 0.15) is 0 Å². The SMILES string of the molecule is CNC1CCCN(C(=O)c2cccc(-n3ccnc3)c2)C1. The molecule has 1 aliphatic heterocycles. The number of rotatable bonds is 3. The molecular formula is C16H20N4O. The Morgan fingerprint density at radius 3 is 3.10 bits per heavy atom. The first kappa shape index (κ1) is 13.8. The lowest BCUT2D eigenvalue weighted by atomic mass is 10.0. The predicted octanol–water partition coefficient (Wildman–Crippen LogP) is 1.70. The zero-order valence-corrected chi connectivity index (χ0v) is 12.2. The van der Waals surface area contributed by atoms with Crippen molar-refractivity contribution in [2.75, 3.05) is 20.1 Å². The molecule has 3 rings (SSSR count). The molecule has 1 aromatic carbocycles. The largest absolute Gasteiger partial charge is 0.337 e. The maximum Gasteiger partial charge on any atom is 0.253 e. The van der Waals surface area contributed by atoms with Crippen molar-refractivity contribution in [1.82, 2.24) is 19.8 Å². The van der Waals surface area contributed by atoms with E-state index in [1.807, 2.05) is 47.0 Å². The molecule has 0 spiro atoms. The number of aromatic nitrogens is 2. The van der Waals surface area contributed by atoms with E-state index in [1.54, 1.807) is 12.5 Å². The van der Waals surface area contributed by atoms with Gasteiger partial charge in [0.2, 0.25) is 0 Å². The Bertz CT molecular complexity index is 608. The summed E-state index contributed by atoms with van der Waals surface area (Å²) in [6.45, 7) is 1.62. The van der Waals surface area contributed by atoms with Gasteiger partial charge in [-0.3, -0.25) is 4.79 Å². The molecule has 1 atom stereocenters. The molecule has 5 nitrogen and oxygen atoms in total. The maximum atomic E-state index is 12.7. The Balaban J connectivity index is 1.80. The zero-order chi connectivity index (χ0) is 14.7. The first-order valence-corrected chi connectivity index (χ1v) is 7.33. The van der Waals surface area contributed by atoms with Crippen LogP contribution in [0.4, 0.5) is 0 Å². The summed E-state index contributed by atoms with van der Waals surface area (Å²) < 4.78 is 1.91. The van der Waals surface area contributed by atoms with Crippen LogP contribution in [0.3, 0.4) is 0 Å². The highest BCUT2D eigenvalue weighted by molar-refractivity contribution is 5.94. The number of piperidine rings is 1. The average Bonchev–Trinajstić information content (AvgIpc) is 3.09. The Hall–Kier alpha value is -2.14. The average molecular weight is 284 g/mol. The van der Waals surface area contributed by atoms with Gasteiger partial charge in [-0.05, 0) is 38.1 Å². The van der Waals surface area contributed by atoms with E-state index >= 15 is 0 Å². The van der Waals surface area contributed by atoms with Crippen molar-refractivity contribution in [2.24, 2.45) is 0 Å². The first-order chi connectivity index (χ1) is 10.3. The Morgan fingerprint density at radius 2 is 2.33 bits per heavy atom. The third kappa shape index (κ3) is 2.97. The Labute approximate surface area is 124 Å². The summed E-state index contributed by atoms with van der Waals surface area (Å²) in [6.07, 6.45) is 7.54. The molecular weight excluding hydrogens is 264 g/mol. The van der Waals surface area contributed by atoms with Crippen molar-refractivity contribution in [3.8, 4) is 5.69 Å². The molecule has 1 unspecified atom stereocenters. The summed E-state index contributed by atoms with van der Waals surface area (Å²) >= 11 is 0. The van der Waals surface area contributed by atoms with Crippen molar-refractivity contribution in [1.29, 1.82) is 0 Å². The fourth-order valence-electron chi connectivity index (χ4n) is 2.79. The van der Waals surface area contributed by atoms with Gasteiger partial charge >= 0.3 is 0 Å². The van der Waals surface area contributed by atoms with E-state index in [2.05, 4.69) is 10.3 Å². The third-order valence-electron chi connectivity index (χ3n) is 4.01. The molecule has 110 valence electrons. The number of hydrogen-bond acceptors (Lipinski definition) is 3. The summed E-state index contributed by atoms with van der Waals surface area (Å²) in [4.78, 5) is 18.6. The van der Waals surface area contributed by atoms with Crippen LogP contribution in [0.2, 0.25) is 0 Å². The molecule has 21 heavy (non-hydrogen) atoms. The van der Waals surface area contributed by atoms with Gasteiger partial charge in [-0.1, -0.05) is 6.07 Å². The minimum Gasteiger partial charge on any atom is -0.337 e. The number of nitrogens with one attached hydrogen (secondary N) is 1. The van der Waals surface area contributed by atoms with Gasteiger partial charge in [-0.2, -0.15) is 0 Å². The lowest BCUT2D eigenvalue weighted by molar-refractivity contribution is 0.0698. The van der Waals surface area contributed by atoms with Crippen LogP contribution >= 0.6 is 0 Å². The third-order valence-corrected chi connectivity index (χ3v) is 4.01. The Kier molecular flexibility index (Phi) is 4.01. The molecule has 2 heterocycles. The fraction of sp³-hybridized carbons (Fsp3) is 0.375. The second-order valence-corrected chi connectivity index (χ2v) is 5.40. The first-order valence-electron chi connectivity index (χ1n) is 7.33. The molecule has 1 aromatic heterocycles. The minimum atomic E-state index is 0.108. The number of amides is 1. The van der Waals surface area contributed by atoms with Gasteiger partial charge in [0.05, 0.1) is 6.33 Å². The molecule has 0 aliphatic carbocycles. The minimum absolute atomic E-state index is 0.108. The highest BCUT2D eigenvalue weighted by Crippen LogP contribution is 2.16. The summed E-state index contributed by atoms with van der Waals surface area (Å²) in [7, 11) is 1.96. The molecule has 1 aliphatic rings. The number of imidazole rings is 1. The monoisotopic (exact) mass is 284 g/mol. The van der Waals surface area contributed by atoms with Crippen LogP contribution < -0.4 is 5.32 Å². The van der Waals surface area contributed by atoms with Crippen LogP contribution in [-0.2, 0) is 0 Å². The second-order valence-electron chi connectivity index (χ2n) is 5.40. The number of nitrogens with zero attached hydrogens (tertiary/aromatic N) is 3. The highest BCUT2D eigenvalue weighted by atomic mass is 16.2. The molecule has 5 heteroatoms. The zero-order valence-electron chi connectivity index (χ0n) is 12.2. The molecule has 1 N–H and O–H groups in total. The predicted molar refractivity (Wildman–Crippen MR) is 81.5 cm³/mol. The van der Waals surface area contributed by atoms with Crippen LogP contribution in [0.25, 0.3) is 5.69 Å². The van der Waals surface area contributed by atoms with E-state index in [9.17, 15) is 4.79 Å². The number of carbonyl (C=O) groups excluding carboxylic acids is 1. The molecule has 1 saturated heterocycles. The van der Waals surface area contributed by atoms with Crippen LogP contribution in [-0.4, -0.2) is 46.5 Å². The molecule has 0 radical (unpaired) electrons. The molecule has 1 fully saturated rings. The maximum absolute atomic E-state index is 12.7. The summed E-state index contributed by atoms with van der Waals surface area (Å²) in [5.74, 6) is 0.108.